The van der Waals surface area contributed by atoms with Gasteiger partial charge in [-0.1, -0.05) is 32.9 Å². The lowest BCUT2D eigenvalue weighted by Crippen LogP contribution is -2.23. The van der Waals surface area contributed by atoms with E-state index in [9.17, 15) is 0 Å². The lowest BCUT2D eigenvalue weighted by atomic mass is 9.80. The molecule has 0 bridgehead atoms. The maximum atomic E-state index is 4.82. The summed E-state index contributed by atoms with van der Waals surface area (Å²) in [6, 6.07) is 9.23. The number of para-hydroxylation sites is 2. The van der Waals surface area contributed by atoms with Crippen LogP contribution >= 0.6 is 0 Å². The van der Waals surface area contributed by atoms with Gasteiger partial charge in [0.2, 0.25) is 0 Å². The number of rotatable bonds is 2. The van der Waals surface area contributed by atoms with Crippen LogP contribution in [0.5, 0.6) is 0 Å². The van der Waals surface area contributed by atoms with E-state index in [0.717, 1.165) is 23.8 Å². The molecule has 0 aliphatic heterocycles. The first kappa shape index (κ1) is 12.7. The van der Waals surface area contributed by atoms with Crippen LogP contribution in [0, 0.1) is 11.8 Å². The summed E-state index contributed by atoms with van der Waals surface area (Å²) in [6.45, 7) is 7.01. The van der Waals surface area contributed by atoms with Crippen LogP contribution in [0.1, 0.15) is 51.9 Å². The van der Waals surface area contributed by atoms with E-state index in [4.69, 9.17) is 4.98 Å². The standard InChI is InChI=1S/C17H24N2/c1-4-17-18-15-7-5-6-8-16(15)19(17)14-10-12(2)9-13(3)11-14/h5-8,12-14H,4,9-11H2,1-3H3. The van der Waals surface area contributed by atoms with Gasteiger partial charge in [-0.05, 0) is 43.2 Å². The molecule has 1 fully saturated rings. The molecule has 2 aromatic rings. The number of fused-ring (bicyclic) bond motifs is 1. The zero-order valence-corrected chi connectivity index (χ0v) is 12.3. The second kappa shape index (κ2) is 4.99. The molecule has 1 aliphatic rings. The summed E-state index contributed by atoms with van der Waals surface area (Å²) in [7, 11) is 0. The zero-order valence-electron chi connectivity index (χ0n) is 12.3. The van der Waals surface area contributed by atoms with Gasteiger partial charge in [-0.15, -0.1) is 0 Å². The molecule has 0 N–H and O–H groups in total. The largest absolute Gasteiger partial charge is 0.325 e. The minimum absolute atomic E-state index is 0.640. The Hall–Kier alpha value is -1.31. The molecule has 1 aromatic carbocycles. The molecule has 0 amide bonds. The molecule has 1 heterocycles. The molecular formula is C17H24N2. The van der Waals surface area contributed by atoms with E-state index in [2.05, 4.69) is 49.6 Å². The average molecular weight is 256 g/mol. The smallest absolute Gasteiger partial charge is 0.109 e. The predicted molar refractivity (Wildman–Crippen MR) is 80.3 cm³/mol. The number of benzene rings is 1. The summed E-state index contributed by atoms with van der Waals surface area (Å²) < 4.78 is 2.53. The van der Waals surface area contributed by atoms with Crippen molar-refractivity contribution in [3.05, 3.63) is 30.1 Å². The molecule has 1 aliphatic carbocycles. The van der Waals surface area contributed by atoms with Crippen molar-refractivity contribution in [3.8, 4) is 0 Å². The summed E-state index contributed by atoms with van der Waals surface area (Å²) in [5, 5.41) is 0. The molecule has 2 heteroatoms. The lowest BCUT2D eigenvalue weighted by molar-refractivity contribution is 0.222. The van der Waals surface area contributed by atoms with Gasteiger partial charge in [-0.2, -0.15) is 0 Å². The van der Waals surface area contributed by atoms with Crippen LogP contribution in [0.25, 0.3) is 11.0 Å². The number of hydrogen-bond acceptors (Lipinski definition) is 1. The van der Waals surface area contributed by atoms with Gasteiger partial charge in [0, 0.05) is 12.5 Å². The highest BCUT2D eigenvalue weighted by molar-refractivity contribution is 5.76. The van der Waals surface area contributed by atoms with Crippen molar-refractivity contribution in [1.82, 2.24) is 9.55 Å². The zero-order chi connectivity index (χ0) is 13.4. The summed E-state index contributed by atoms with van der Waals surface area (Å²) >= 11 is 0. The quantitative estimate of drug-likeness (QED) is 0.768. The van der Waals surface area contributed by atoms with E-state index in [1.807, 2.05) is 0 Å². The fraction of sp³-hybridized carbons (Fsp3) is 0.588. The Kier molecular flexibility index (Phi) is 3.34. The Morgan fingerprint density at radius 2 is 1.79 bits per heavy atom. The summed E-state index contributed by atoms with van der Waals surface area (Å²) in [5.41, 5.74) is 2.48. The first-order valence-corrected chi connectivity index (χ1v) is 7.64. The molecule has 0 spiro atoms. The predicted octanol–water partition coefficient (Wildman–Crippen LogP) is 4.60. The van der Waals surface area contributed by atoms with Gasteiger partial charge in [-0.3, -0.25) is 0 Å². The third-order valence-corrected chi connectivity index (χ3v) is 4.50. The highest BCUT2D eigenvalue weighted by atomic mass is 15.1. The van der Waals surface area contributed by atoms with Crippen molar-refractivity contribution in [3.63, 3.8) is 0 Å². The van der Waals surface area contributed by atoms with Gasteiger partial charge in [0.05, 0.1) is 11.0 Å². The van der Waals surface area contributed by atoms with Gasteiger partial charge in [0.1, 0.15) is 5.82 Å². The van der Waals surface area contributed by atoms with Gasteiger partial charge >= 0.3 is 0 Å². The molecule has 1 saturated carbocycles. The lowest BCUT2D eigenvalue weighted by Gasteiger charge is -2.33. The second-order valence-electron chi connectivity index (χ2n) is 6.31. The highest BCUT2D eigenvalue weighted by Crippen LogP contribution is 2.38. The van der Waals surface area contributed by atoms with Gasteiger partial charge in [-0.25, -0.2) is 4.98 Å². The minimum atomic E-state index is 0.640. The molecule has 3 rings (SSSR count). The van der Waals surface area contributed by atoms with Crippen molar-refractivity contribution >= 4 is 11.0 Å². The Bertz CT molecular complexity index is 560. The SMILES string of the molecule is CCc1nc2ccccc2n1C1CC(C)CC(C)C1. The second-order valence-corrected chi connectivity index (χ2v) is 6.31. The molecule has 2 nitrogen and oxygen atoms in total. The monoisotopic (exact) mass is 256 g/mol. The number of imidazole rings is 1. The van der Waals surface area contributed by atoms with E-state index in [0.29, 0.717) is 6.04 Å². The van der Waals surface area contributed by atoms with Crippen LogP contribution in [0.2, 0.25) is 0 Å². The summed E-state index contributed by atoms with van der Waals surface area (Å²) in [6.07, 6.45) is 5.01. The van der Waals surface area contributed by atoms with E-state index < -0.39 is 0 Å². The van der Waals surface area contributed by atoms with Crippen molar-refractivity contribution in [2.75, 3.05) is 0 Å². The van der Waals surface area contributed by atoms with E-state index in [1.54, 1.807) is 0 Å². The normalized spacial score (nSPS) is 27.8. The third kappa shape index (κ3) is 2.29. The van der Waals surface area contributed by atoms with Crippen LogP contribution in [-0.2, 0) is 6.42 Å². The fourth-order valence-corrected chi connectivity index (χ4v) is 3.87. The maximum absolute atomic E-state index is 4.82. The Labute approximate surface area is 115 Å². The summed E-state index contributed by atoms with van der Waals surface area (Å²) in [4.78, 5) is 4.82. The average Bonchev–Trinajstić information content (AvgIpc) is 2.75. The molecule has 0 radical (unpaired) electrons. The molecule has 1 aromatic heterocycles. The maximum Gasteiger partial charge on any atom is 0.109 e. The minimum Gasteiger partial charge on any atom is -0.325 e. The van der Waals surface area contributed by atoms with Crippen LogP contribution < -0.4 is 0 Å². The van der Waals surface area contributed by atoms with Gasteiger partial charge in [0.25, 0.3) is 0 Å². The van der Waals surface area contributed by atoms with E-state index >= 15 is 0 Å². The third-order valence-electron chi connectivity index (χ3n) is 4.50. The van der Waals surface area contributed by atoms with Crippen molar-refractivity contribution in [2.24, 2.45) is 11.8 Å². The van der Waals surface area contributed by atoms with Gasteiger partial charge in [0.15, 0.2) is 0 Å². The number of nitrogens with zero attached hydrogens (tertiary/aromatic N) is 2. The molecule has 0 saturated heterocycles. The van der Waals surface area contributed by atoms with Crippen molar-refractivity contribution < 1.29 is 0 Å². The molecule has 2 atom stereocenters. The molecule has 102 valence electrons. The van der Waals surface area contributed by atoms with E-state index in [-0.39, 0.29) is 0 Å². The van der Waals surface area contributed by atoms with E-state index in [1.165, 1.54) is 30.6 Å². The first-order valence-electron chi connectivity index (χ1n) is 7.64. The Morgan fingerprint density at radius 1 is 1.11 bits per heavy atom. The topological polar surface area (TPSA) is 17.8 Å². The molecular weight excluding hydrogens is 232 g/mol. The van der Waals surface area contributed by atoms with Gasteiger partial charge < -0.3 is 4.57 Å². The van der Waals surface area contributed by atoms with Crippen LogP contribution in [0.15, 0.2) is 24.3 Å². The summed E-state index contributed by atoms with van der Waals surface area (Å²) in [5.74, 6) is 2.92. The Balaban J connectivity index is 2.07. The van der Waals surface area contributed by atoms with Crippen LogP contribution in [-0.4, -0.2) is 9.55 Å². The van der Waals surface area contributed by atoms with Crippen LogP contribution in [0.3, 0.4) is 0 Å². The number of aromatic nitrogens is 2. The number of aryl methyl sites for hydroxylation is 1. The van der Waals surface area contributed by atoms with Crippen molar-refractivity contribution in [1.29, 1.82) is 0 Å². The highest BCUT2D eigenvalue weighted by Gasteiger charge is 2.27. The fourth-order valence-electron chi connectivity index (χ4n) is 3.87. The Morgan fingerprint density at radius 3 is 2.47 bits per heavy atom. The van der Waals surface area contributed by atoms with Crippen molar-refractivity contribution in [2.45, 2.75) is 52.5 Å². The number of hydrogen-bond donors (Lipinski definition) is 0. The molecule has 19 heavy (non-hydrogen) atoms. The van der Waals surface area contributed by atoms with Crippen LogP contribution in [0.4, 0.5) is 0 Å². The molecule has 2 unspecified atom stereocenters. The first-order chi connectivity index (χ1) is 9.19.